The zero-order chi connectivity index (χ0) is 23.7. The predicted octanol–water partition coefficient (Wildman–Crippen LogP) is 3.79. The van der Waals surface area contributed by atoms with Crippen molar-refractivity contribution in [3.05, 3.63) is 108 Å². The van der Waals surface area contributed by atoms with E-state index in [9.17, 15) is 19.5 Å². The van der Waals surface area contributed by atoms with Gasteiger partial charge in [-0.3, -0.25) is 9.59 Å². The minimum absolute atomic E-state index is 0.108. The molecule has 3 atom stereocenters. The summed E-state index contributed by atoms with van der Waals surface area (Å²) in [5.74, 6) is -2.03. The van der Waals surface area contributed by atoms with Crippen LogP contribution >= 0.6 is 0 Å². The summed E-state index contributed by atoms with van der Waals surface area (Å²) < 4.78 is 0. The smallest absolute Gasteiger partial charge is 0.328 e. The molecule has 3 aromatic rings. The molecule has 0 radical (unpaired) electrons. The molecule has 6 heteroatoms. The zero-order valence-electron chi connectivity index (χ0n) is 18.7. The van der Waals surface area contributed by atoms with E-state index in [4.69, 9.17) is 0 Å². The van der Waals surface area contributed by atoms with E-state index in [1.54, 1.807) is 29.2 Å². The summed E-state index contributed by atoms with van der Waals surface area (Å²) in [5.41, 5.74) is 2.19. The van der Waals surface area contributed by atoms with Crippen LogP contribution in [0.5, 0.6) is 0 Å². The van der Waals surface area contributed by atoms with Crippen molar-refractivity contribution >= 4 is 17.8 Å². The third-order valence-electron chi connectivity index (χ3n) is 6.96. The van der Waals surface area contributed by atoms with Crippen LogP contribution in [0.4, 0.5) is 0 Å². The lowest BCUT2D eigenvalue weighted by atomic mass is 9.88. The van der Waals surface area contributed by atoms with Gasteiger partial charge in [0, 0.05) is 18.2 Å². The van der Waals surface area contributed by atoms with Gasteiger partial charge in [-0.1, -0.05) is 78.9 Å². The van der Waals surface area contributed by atoms with E-state index in [0.29, 0.717) is 18.4 Å². The first-order chi connectivity index (χ1) is 16.6. The highest BCUT2D eigenvalue weighted by Gasteiger charge is 2.53. The number of benzene rings is 3. The van der Waals surface area contributed by atoms with E-state index < -0.39 is 24.0 Å². The standard InChI is InChI=1S/C28H26N2O4/c31-26(21-14-8-3-9-15-21)29-18-22-16-17-23(25(29)28(33)34)30(22)27(32)24(19-10-4-1-5-11-19)20-12-6-2-7-13-20/h1-15,22-25H,16-18H2,(H,33,34)/t22-,23+,25-/m0/s1. The number of nitrogens with zero attached hydrogens (tertiary/aromatic N) is 2. The molecule has 2 fully saturated rings. The van der Waals surface area contributed by atoms with Crippen molar-refractivity contribution < 1.29 is 19.5 Å². The van der Waals surface area contributed by atoms with Gasteiger partial charge in [0.25, 0.3) is 5.91 Å². The van der Waals surface area contributed by atoms with E-state index in [1.807, 2.05) is 66.7 Å². The number of aliphatic carboxylic acids is 1. The molecule has 0 unspecified atom stereocenters. The van der Waals surface area contributed by atoms with Gasteiger partial charge >= 0.3 is 5.97 Å². The number of piperazine rings is 1. The Morgan fingerprint density at radius 3 is 1.82 bits per heavy atom. The molecule has 2 saturated heterocycles. The summed E-state index contributed by atoms with van der Waals surface area (Å²) in [7, 11) is 0. The van der Waals surface area contributed by atoms with Crippen LogP contribution in [-0.2, 0) is 9.59 Å². The first-order valence-corrected chi connectivity index (χ1v) is 11.6. The fraction of sp³-hybridized carbons (Fsp3) is 0.250. The summed E-state index contributed by atoms with van der Waals surface area (Å²) in [5, 5.41) is 10.2. The molecule has 2 aliphatic heterocycles. The molecule has 6 nitrogen and oxygen atoms in total. The minimum Gasteiger partial charge on any atom is -0.480 e. The van der Waals surface area contributed by atoms with Crippen LogP contribution in [0.1, 0.15) is 40.2 Å². The number of fused-ring (bicyclic) bond motifs is 2. The number of hydrogen-bond acceptors (Lipinski definition) is 3. The second-order valence-corrected chi connectivity index (χ2v) is 8.91. The van der Waals surface area contributed by atoms with E-state index in [0.717, 1.165) is 11.1 Å². The Balaban J connectivity index is 1.50. The molecular weight excluding hydrogens is 428 g/mol. The minimum atomic E-state index is -1.08. The van der Waals surface area contributed by atoms with Gasteiger partial charge in [0.15, 0.2) is 0 Å². The lowest BCUT2D eigenvalue weighted by molar-refractivity contribution is -0.151. The van der Waals surface area contributed by atoms with Crippen molar-refractivity contribution in [1.29, 1.82) is 0 Å². The molecule has 0 saturated carbocycles. The van der Waals surface area contributed by atoms with Crippen molar-refractivity contribution in [2.45, 2.75) is 36.9 Å². The Labute approximate surface area is 198 Å². The number of carboxylic acid groups (broad SMARTS) is 1. The fourth-order valence-electron chi connectivity index (χ4n) is 5.46. The third-order valence-corrected chi connectivity index (χ3v) is 6.96. The molecule has 0 spiro atoms. The van der Waals surface area contributed by atoms with E-state index in [-0.39, 0.29) is 24.4 Å². The molecule has 2 amide bonds. The lowest BCUT2D eigenvalue weighted by Crippen LogP contribution is -2.65. The van der Waals surface area contributed by atoms with Crippen molar-refractivity contribution in [2.24, 2.45) is 0 Å². The normalized spacial score (nSPS) is 21.5. The summed E-state index contributed by atoms with van der Waals surface area (Å²) in [4.78, 5) is 43.0. The van der Waals surface area contributed by atoms with Gasteiger partial charge in [-0.05, 0) is 36.1 Å². The molecule has 2 aliphatic rings. The maximum absolute atomic E-state index is 14.1. The number of amides is 2. The van der Waals surface area contributed by atoms with Gasteiger partial charge in [-0.2, -0.15) is 0 Å². The number of rotatable bonds is 5. The molecule has 2 heterocycles. The van der Waals surface area contributed by atoms with Crippen LogP contribution in [0.2, 0.25) is 0 Å². The van der Waals surface area contributed by atoms with Crippen LogP contribution in [0, 0.1) is 0 Å². The molecule has 2 bridgehead atoms. The Morgan fingerprint density at radius 2 is 1.29 bits per heavy atom. The van der Waals surface area contributed by atoms with E-state index in [1.165, 1.54) is 4.90 Å². The monoisotopic (exact) mass is 454 g/mol. The van der Waals surface area contributed by atoms with Crippen LogP contribution in [0.3, 0.4) is 0 Å². The van der Waals surface area contributed by atoms with Gasteiger partial charge in [0.2, 0.25) is 5.91 Å². The number of likely N-dealkylation sites (tertiary alicyclic amines) is 1. The van der Waals surface area contributed by atoms with Gasteiger partial charge in [0.1, 0.15) is 6.04 Å². The topological polar surface area (TPSA) is 77.9 Å². The van der Waals surface area contributed by atoms with E-state index in [2.05, 4.69) is 0 Å². The first kappa shape index (κ1) is 21.9. The van der Waals surface area contributed by atoms with E-state index >= 15 is 0 Å². The maximum Gasteiger partial charge on any atom is 0.328 e. The Bertz CT molecular complexity index is 1140. The zero-order valence-corrected chi connectivity index (χ0v) is 18.7. The maximum atomic E-state index is 14.1. The van der Waals surface area contributed by atoms with Crippen LogP contribution < -0.4 is 0 Å². The van der Waals surface area contributed by atoms with Gasteiger partial charge in [0.05, 0.1) is 12.0 Å². The number of carbonyl (C=O) groups excluding carboxylic acids is 2. The molecule has 5 rings (SSSR count). The highest BCUT2D eigenvalue weighted by atomic mass is 16.4. The third kappa shape index (κ3) is 3.85. The van der Waals surface area contributed by atoms with Crippen LogP contribution in [0.25, 0.3) is 0 Å². The second kappa shape index (κ2) is 9.14. The Kier molecular flexibility index (Phi) is 5.88. The Hall–Kier alpha value is -3.93. The van der Waals surface area contributed by atoms with Crippen molar-refractivity contribution in [2.75, 3.05) is 6.54 Å². The molecule has 0 aliphatic carbocycles. The second-order valence-electron chi connectivity index (χ2n) is 8.91. The molecule has 0 aromatic heterocycles. The average molecular weight is 455 g/mol. The summed E-state index contributed by atoms with van der Waals surface area (Å²) in [6.45, 7) is 0.212. The molecule has 34 heavy (non-hydrogen) atoms. The number of carboxylic acids is 1. The van der Waals surface area contributed by atoms with Crippen molar-refractivity contribution in [1.82, 2.24) is 9.80 Å². The molecule has 172 valence electrons. The van der Waals surface area contributed by atoms with Gasteiger partial charge < -0.3 is 14.9 Å². The highest BCUT2D eigenvalue weighted by Crippen LogP contribution is 2.39. The molecule has 3 aromatic carbocycles. The van der Waals surface area contributed by atoms with Crippen molar-refractivity contribution in [3.8, 4) is 0 Å². The Morgan fingerprint density at radius 1 is 0.765 bits per heavy atom. The van der Waals surface area contributed by atoms with Crippen molar-refractivity contribution in [3.63, 3.8) is 0 Å². The highest BCUT2D eigenvalue weighted by molar-refractivity contribution is 5.98. The molecular formula is C28H26N2O4. The van der Waals surface area contributed by atoms with Crippen LogP contribution in [0.15, 0.2) is 91.0 Å². The fourth-order valence-corrected chi connectivity index (χ4v) is 5.46. The van der Waals surface area contributed by atoms with Gasteiger partial charge in [-0.15, -0.1) is 0 Å². The quantitative estimate of drug-likeness (QED) is 0.636. The largest absolute Gasteiger partial charge is 0.480 e. The summed E-state index contributed by atoms with van der Waals surface area (Å²) in [6.07, 6.45) is 1.23. The SMILES string of the molecule is O=C(O)[C@@H]1[C@H]2CC[C@@H](CN1C(=O)c1ccccc1)N2C(=O)C(c1ccccc1)c1ccccc1. The summed E-state index contributed by atoms with van der Waals surface area (Å²) in [6, 6.07) is 26.1. The van der Waals surface area contributed by atoms with Gasteiger partial charge in [-0.25, -0.2) is 4.79 Å². The molecule has 1 N–H and O–H groups in total. The number of hydrogen-bond donors (Lipinski definition) is 1. The number of carbonyl (C=O) groups is 3. The van der Waals surface area contributed by atoms with Crippen LogP contribution in [-0.4, -0.2) is 57.4 Å². The average Bonchev–Trinajstić information content (AvgIpc) is 3.18. The predicted molar refractivity (Wildman–Crippen MR) is 127 cm³/mol. The lowest BCUT2D eigenvalue weighted by Gasteiger charge is -2.46. The summed E-state index contributed by atoms with van der Waals surface area (Å²) >= 11 is 0. The first-order valence-electron chi connectivity index (χ1n) is 11.6.